The van der Waals surface area contributed by atoms with E-state index in [1.54, 1.807) is 0 Å². The van der Waals surface area contributed by atoms with Gasteiger partial charge in [-0.2, -0.15) is 0 Å². The van der Waals surface area contributed by atoms with Gasteiger partial charge >= 0.3 is 0 Å². The number of aryl methyl sites for hydroxylation is 1. The number of hydrogen-bond donors (Lipinski definition) is 3. The van der Waals surface area contributed by atoms with Crippen molar-refractivity contribution in [3.63, 3.8) is 0 Å². The van der Waals surface area contributed by atoms with E-state index in [-0.39, 0.29) is 23.7 Å². The van der Waals surface area contributed by atoms with Gasteiger partial charge in [-0.15, -0.1) is 0 Å². The van der Waals surface area contributed by atoms with Crippen molar-refractivity contribution >= 4 is 23.2 Å². The van der Waals surface area contributed by atoms with Gasteiger partial charge in [-0.05, 0) is 56.8 Å². The third kappa shape index (κ3) is 3.65. The largest absolute Gasteiger partial charge is 0.326 e. The molecule has 118 valence electrons. The molecule has 0 aromatic heterocycles. The second-order valence-corrected chi connectivity index (χ2v) is 6.33. The lowest BCUT2D eigenvalue weighted by Gasteiger charge is -2.22. The van der Waals surface area contributed by atoms with Crippen LogP contribution in [0, 0.1) is 18.8 Å². The van der Waals surface area contributed by atoms with E-state index < -0.39 is 0 Å². The third-order valence-corrected chi connectivity index (χ3v) is 4.38. The Balaban J connectivity index is 1.66. The van der Waals surface area contributed by atoms with Gasteiger partial charge in [0.15, 0.2) is 0 Å². The van der Waals surface area contributed by atoms with E-state index in [9.17, 15) is 9.59 Å². The summed E-state index contributed by atoms with van der Waals surface area (Å²) in [7, 11) is 0. The summed E-state index contributed by atoms with van der Waals surface area (Å²) in [6.07, 6.45) is 3.93. The summed E-state index contributed by atoms with van der Waals surface area (Å²) in [4.78, 5) is 24.2. The highest BCUT2D eigenvalue weighted by Crippen LogP contribution is 2.31. The fraction of sp³-hybridized carbons (Fsp3) is 0.529. The van der Waals surface area contributed by atoms with Crippen LogP contribution < -0.4 is 16.0 Å². The van der Waals surface area contributed by atoms with Crippen molar-refractivity contribution in [2.24, 2.45) is 11.8 Å². The van der Waals surface area contributed by atoms with Crippen molar-refractivity contribution < 1.29 is 9.59 Å². The molecule has 1 saturated heterocycles. The maximum absolute atomic E-state index is 12.3. The maximum Gasteiger partial charge on any atom is 0.228 e. The summed E-state index contributed by atoms with van der Waals surface area (Å²) >= 11 is 0. The predicted molar refractivity (Wildman–Crippen MR) is 86.8 cm³/mol. The second-order valence-electron chi connectivity index (χ2n) is 6.33. The van der Waals surface area contributed by atoms with Crippen LogP contribution in [0.3, 0.4) is 0 Å². The first-order valence-electron chi connectivity index (χ1n) is 8.06. The van der Waals surface area contributed by atoms with Gasteiger partial charge in [-0.25, -0.2) is 0 Å². The Morgan fingerprint density at radius 2 is 1.86 bits per heavy atom. The molecule has 1 aliphatic carbocycles. The molecule has 1 saturated carbocycles. The predicted octanol–water partition coefficient (Wildman–Crippen LogP) is 2.28. The molecule has 1 aliphatic heterocycles. The molecule has 2 amide bonds. The molecule has 0 spiro atoms. The quantitative estimate of drug-likeness (QED) is 0.799. The Morgan fingerprint density at radius 3 is 2.55 bits per heavy atom. The van der Waals surface area contributed by atoms with Crippen molar-refractivity contribution in [1.82, 2.24) is 5.32 Å². The normalized spacial score (nSPS) is 21.2. The second kappa shape index (κ2) is 6.48. The number of nitrogens with one attached hydrogen (secondary N) is 3. The number of hydrogen-bond acceptors (Lipinski definition) is 3. The van der Waals surface area contributed by atoms with Crippen LogP contribution in [-0.4, -0.2) is 24.9 Å². The molecule has 1 aromatic carbocycles. The van der Waals surface area contributed by atoms with E-state index in [0.29, 0.717) is 0 Å². The van der Waals surface area contributed by atoms with Crippen LogP contribution in [0.15, 0.2) is 18.2 Å². The minimum Gasteiger partial charge on any atom is -0.326 e. The molecule has 2 aliphatic rings. The average Bonchev–Trinajstić information content (AvgIpc) is 3.36. The smallest absolute Gasteiger partial charge is 0.228 e. The molecule has 5 heteroatoms. The SMILES string of the molecule is Cc1ccc(NC(=O)C2CC2)cc1NC(=O)C1CCCNC1. The number of anilines is 2. The average molecular weight is 301 g/mol. The lowest BCUT2D eigenvalue weighted by molar-refractivity contribution is -0.120. The Hall–Kier alpha value is -1.88. The number of benzene rings is 1. The molecule has 5 nitrogen and oxygen atoms in total. The topological polar surface area (TPSA) is 70.2 Å². The van der Waals surface area contributed by atoms with E-state index >= 15 is 0 Å². The van der Waals surface area contributed by atoms with Crippen molar-refractivity contribution in [2.45, 2.75) is 32.6 Å². The minimum atomic E-state index is 0.0258. The van der Waals surface area contributed by atoms with E-state index in [1.807, 2.05) is 25.1 Å². The molecule has 1 atom stereocenters. The Kier molecular flexibility index (Phi) is 4.43. The molecule has 0 radical (unpaired) electrons. The van der Waals surface area contributed by atoms with Gasteiger partial charge in [-0.3, -0.25) is 9.59 Å². The first kappa shape index (κ1) is 15.0. The molecule has 22 heavy (non-hydrogen) atoms. The molecule has 1 heterocycles. The maximum atomic E-state index is 12.3. The summed E-state index contributed by atoms with van der Waals surface area (Å²) in [6, 6.07) is 5.66. The van der Waals surface area contributed by atoms with Crippen molar-refractivity contribution in [3.8, 4) is 0 Å². The van der Waals surface area contributed by atoms with E-state index in [4.69, 9.17) is 0 Å². The summed E-state index contributed by atoms with van der Waals surface area (Å²) < 4.78 is 0. The molecule has 3 rings (SSSR count). The monoisotopic (exact) mass is 301 g/mol. The fourth-order valence-corrected chi connectivity index (χ4v) is 2.73. The number of amides is 2. The van der Waals surface area contributed by atoms with Crippen molar-refractivity contribution in [3.05, 3.63) is 23.8 Å². The lowest BCUT2D eigenvalue weighted by atomic mass is 9.98. The van der Waals surface area contributed by atoms with Gasteiger partial charge < -0.3 is 16.0 Å². The first-order chi connectivity index (χ1) is 10.6. The number of carbonyl (C=O) groups is 2. The Bertz CT molecular complexity index is 575. The van der Waals surface area contributed by atoms with Crippen molar-refractivity contribution in [2.75, 3.05) is 23.7 Å². The number of piperidine rings is 1. The van der Waals surface area contributed by atoms with Crippen LogP contribution in [0.1, 0.15) is 31.2 Å². The molecular weight excluding hydrogens is 278 g/mol. The molecule has 3 N–H and O–H groups in total. The van der Waals surface area contributed by atoms with Crippen LogP contribution in [0.25, 0.3) is 0 Å². The van der Waals surface area contributed by atoms with Gasteiger partial charge in [-0.1, -0.05) is 6.07 Å². The minimum absolute atomic E-state index is 0.0258. The Labute approximate surface area is 130 Å². The summed E-state index contributed by atoms with van der Waals surface area (Å²) in [5, 5.41) is 9.19. The fourth-order valence-electron chi connectivity index (χ4n) is 2.73. The molecule has 1 unspecified atom stereocenters. The number of carbonyl (C=O) groups excluding carboxylic acids is 2. The highest BCUT2D eigenvalue weighted by atomic mass is 16.2. The lowest BCUT2D eigenvalue weighted by Crippen LogP contribution is -2.37. The van der Waals surface area contributed by atoms with Gasteiger partial charge in [0.05, 0.1) is 5.92 Å². The zero-order chi connectivity index (χ0) is 15.5. The molecule has 1 aromatic rings. The standard InChI is InChI=1S/C17H23N3O2/c1-11-4-7-14(19-16(21)12-5-6-12)9-15(11)20-17(22)13-3-2-8-18-10-13/h4,7,9,12-13,18H,2-3,5-6,8,10H2,1H3,(H,19,21)(H,20,22). The molecular formula is C17H23N3O2. The summed E-state index contributed by atoms with van der Waals surface area (Å²) in [5.74, 6) is 0.337. The molecule has 2 fully saturated rings. The number of rotatable bonds is 4. The van der Waals surface area contributed by atoms with Crippen molar-refractivity contribution in [1.29, 1.82) is 0 Å². The van der Waals surface area contributed by atoms with Crippen LogP contribution >= 0.6 is 0 Å². The Morgan fingerprint density at radius 1 is 1.09 bits per heavy atom. The van der Waals surface area contributed by atoms with E-state index in [1.165, 1.54) is 0 Å². The van der Waals surface area contributed by atoms with Gasteiger partial charge in [0.25, 0.3) is 0 Å². The van der Waals surface area contributed by atoms with Crippen LogP contribution in [0.2, 0.25) is 0 Å². The van der Waals surface area contributed by atoms with E-state index in [0.717, 1.165) is 55.7 Å². The van der Waals surface area contributed by atoms with Gasteiger partial charge in [0.1, 0.15) is 0 Å². The zero-order valence-corrected chi connectivity index (χ0v) is 12.9. The summed E-state index contributed by atoms with van der Waals surface area (Å²) in [6.45, 7) is 3.69. The van der Waals surface area contributed by atoms with E-state index in [2.05, 4.69) is 16.0 Å². The molecule has 0 bridgehead atoms. The van der Waals surface area contributed by atoms with Gasteiger partial charge in [0.2, 0.25) is 11.8 Å². The third-order valence-electron chi connectivity index (χ3n) is 4.38. The highest BCUT2D eigenvalue weighted by molar-refractivity contribution is 5.97. The van der Waals surface area contributed by atoms with Crippen LogP contribution in [0.5, 0.6) is 0 Å². The van der Waals surface area contributed by atoms with Crippen LogP contribution in [0.4, 0.5) is 11.4 Å². The zero-order valence-electron chi connectivity index (χ0n) is 12.9. The van der Waals surface area contributed by atoms with Gasteiger partial charge in [0, 0.05) is 23.8 Å². The van der Waals surface area contributed by atoms with Crippen LogP contribution in [-0.2, 0) is 9.59 Å². The highest BCUT2D eigenvalue weighted by Gasteiger charge is 2.29. The first-order valence-corrected chi connectivity index (χ1v) is 8.06. The summed E-state index contributed by atoms with van der Waals surface area (Å²) in [5.41, 5.74) is 2.53.